The number of rotatable bonds is 4. The summed E-state index contributed by atoms with van der Waals surface area (Å²) in [5, 5.41) is 0. The number of hydrogen-bond acceptors (Lipinski definition) is 4. The molecular formula is C12H15NO4. The van der Waals surface area contributed by atoms with Crippen molar-refractivity contribution in [1.82, 2.24) is 4.98 Å². The molecule has 1 N–H and O–H groups in total. The molecule has 1 rings (SSSR count). The van der Waals surface area contributed by atoms with E-state index in [1.807, 2.05) is 6.92 Å². The summed E-state index contributed by atoms with van der Waals surface area (Å²) in [6, 6.07) is 0. The number of H-pyrrole nitrogens is 1. The van der Waals surface area contributed by atoms with Crippen LogP contribution in [0.25, 0.3) is 0 Å². The van der Waals surface area contributed by atoms with Crippen LogP contribution in [-0.4, -0.2) is 17.2 Å². The van der Waals surface area contributed by atoms with Crippen molar-refractivity contribution in [3.05, 3.63) is 27.2 Å². The lowest BCUT2D eigenvalue weighted by Crippen LogP contribution is -2.19. The summed E-state index contributed by atoms with van der Waals surface area (Å²) in [6.45, 7) is 4.76. The van der Waals surface area contributed by atoms with Gasteiger partial charge < -0.3 is 9.72 Å². The first-order valence-corrected chi connectivity index (χ1v) is 5.40. The maximum Gasteiger partial charge on any atom is 0.308 e. The van der Waals surface area contributed by atoms with Crippen molar-refractivity contribution in [3.63, 3.8) is 0 Å². The van der Waals surface area contributed by atoms with E-state index in [0.29, 0.717) is 23.8 Å². The molecule has 1 heterocycles. The average Bonchev–Trinajstić information content (AvgIpc) is 2.28. The second kappa shape index (κ2) is 5.43. The highest BCUT2D eigenvalue weighted by molar-refractivity contribution is 5.78. The van der Waals surface area contributed by atoms with Crippen LogP contribution in [0.4, 0.5) is 0 Å². The first-order valence-electron chi connectivity index (χ1n) is 5.40. The number of aromatic amines is 1. The highest BCUT2D eigenvalue weighted by Crippen LogP contribution is 2.24. The van der Waals surface area contributed by atoms with Crippen molar-refractivity contribution in [2.45, 2.75) is 33.6 Å². The summed E-state index contributed by atoms with van der Waals surface area (Å²) in [5.41, 5.74) is 0.658. The second-order valence-corrected chi connectivity index (χ2v) is 3.76. The number of carbonyl (C=O) groups excluding carboxylic acids is 2. The number of ether oxygens (including phenoxy) is 1. The Labute approximate surface area is 98.8 Å². The predicted octanol–water partition coefficient (Wildman–Crippen LogP) is 1.37. The lowest BCUT2D eigenvalue weighted by atomic mass is 10.0. The molecule has 0 unspecified atom stereocenters. The fraction of sp³-hybridized carbons (Fsp3) is 0.417. The molecule has 5 nitrogen and oxygen atoms in total. The fourth-order valence-electron chi connectivity index (χ4n) is 1.62. The van der Waals surface area contributed by atoms with Crippen molar-refractivity contribution >= 4 is 12.3 Å². The third kappa shape index (κ3) is 2.81. The van der Waals surface area contributed by atoms with Gasteiger partial charge in [0.1, 0.15) is 5.75 Å². The molecule has 0 spiro atoms. The maximum absolute atomic E-state index is 11.6. The van der Waals surface area contributed by atoms with Gasteiger partial charge in [-0.25, -0.2) is 0 Å². The van der Waals surface area contributed by atoms with Crippen molar-refractivity contribution in [2.24, 2.45) is 0 Å². The van der Waals surface area contributed by atoms with E-state index in [9.17, 15) is 14.4 Å². The molecule has 0 saturated heterocycles. The molecule has 0 fully saturated rings. The summed E-state index contributed by atoms with van der Waals surface area (Å²) in [4.78, 5) is 35.9. The molecule has 17 heavy (non-hydrogen) atoms. The maximum atomic E-state index is 11.6. The Morgan fingerprint density at radius 1 is 1.47 bits per heavy atom. The van der Waals surface area contributed by atoms with E-state index in [2.05, 4.69) is 4.98 Å². The fourth-order valence-corrected chi connectivity index (χ4v) is 1.62. The van der Waals surface area contributed by atoms with Crippen molar-refractivity contribution in [2.75, 3.05) is 0 Å². The molecule has 5 heteroatoms. The highest BCUT2D eigenvalue weighted by atomic mass is 16.5. The Morgan fingerprint density at radius 3 is 2.59 bits per heavy atom. The van der Waals surface area contributed by atoms with Gasteiger partial charge in [0.15, 0.2) is 6.29 Å². The molecule has 0 aliphatic carbocycles. The van der Waals surface area contributed by atoms with Crippen LogP contribution >= 0.6 is 0 Å². The third-order valence-electron chi connectivity index (χ3n) is 2.39. The Hall–Kier alpha value is -1.91. The normalized spacial score (nSPS) is 10.1. The van der Waals surface area contributed by atoms with E-state index in [-0.39, 0.29) is 11.4 Å². The van der Waals surface area contributed by atoms with Crippen LogP contribution in [0, 0.1) is 6.92 Å². The number of aromatic nitrogens is 1. The molecule has 0 atom stereocenters. The van der Waals surface area contributed by atoms with Crippen LogP contribution in [0.5, 0.6) is 5.75 Å². The van der Waals surface area contributed by atoms with E-state index in [1.54, 1.807) is 6.92 Å². The number of nitrogens with one attached hydrogen (secondary N) is 1. The average molecular weight is 237 g/mol. The van der Waals surface area contributed by atoms with Crippen molar-refractivity contribution in [3.8, 4) is 5.75 Å². The SMILES string of the molecule is CCCc1c(C=O)[nH]c(=O)c(C)c1OC(C)=O. The number of esters is 1. The molecule has 1 aromatic heterocycles. The molecule has 0 amide bonds. The minimum atomic E-state index is -0.507. The molecule has 0 aliphatic rings. The summed E-state index contributed by atoms with van der Waals surface area (Å²) < 4.78 is 5.03. The molecule has 0 aromatic carbocycles. The Bertz CT molecular complexity index is 502. The summed E-state index contributed by atoms with van der Waals surface area (Å²) in [7, 11) is 0. The minimum Gasteiger partial charge on any atom is -0.426 e. The van der Waals surface area contributed by atoms with Gasteiger partial charge in [-0.3, -0.25) is 14.4 Å². The van der Waals surface area contributed by atoms with Gasteiger partial charge in [0.05, 0.1) is 11.3 Å². The Kier molecular flexibility index (Phi) is 4.20. The van der Waals surface area contributed by atoms with E-state index in [0.717, 1.165) is 6.42 Å². The predicted molar refractivity (Wildman–Crippen MR) is 62.5 cm³/mol. The second-order valence-electron chi connectivity index (χ2n) is 3.76. The highest BCUT2D eigenvalue weighted by Gasteiger charge is 2.16. The molecule has 92 valence electrons. The zero-order chi connectivity index (χ0) is 13.0. The van der Waals surface area contributed by atoms with Crippen LogP contribution in [0.15, 0.2) is 4.79 Å². The molecule has 0 radical (unpaired) electrons. The zero-order valence-electron chi connectivity index (χ0n) is 10.1. The topological polar surface area (TPSA) is 76.2 Å². The van der Waals surface area contributed by atoms with Crippen LogP contribution in [-0.2, 0) is 11.2 Å². The van der Waals surface area contributed by atoms with Crippen LogP contribution in [0.2, 0.25) is 0 Å². The zero-order valence-corrected chi connectivity index (χ0v) is 10.1. The summed E-state index contributed by atoms with van der Waals surface area (Å²) >= 11 is 0. The lowest BCUT2D eigenvalue weighted by molar-refractivity contribution is -0.132. The van der Waals surface area contributed by atoms with Crippen molar-refractivity contribution in [1.29, 1.82) is 0 Å². The van der Waals surface area contributed by atoms with E-state index in [4.69, 9.17) is 4.74 Å². The van der Waals surface area contributed by atoms with Crippen LogP contribution in [0.3, 0.4) is 0 Å². The van der Waals surface area contributed by atoms with Gasteiger partial charge >= 0.3 is 5.97 Å². The van der Waals surface area contributed by atoms with E-state index < -0.39 is 11.5 Å². The van der Waals surface area contributed by atoms with Gasteiger partial charge in [-0.2, -0.15) is 0 Å². The van der Waals surface area contributed by atoms with Gasteiger partial charge in [-0.15, -0.1) is 0 Å². The molecule has 0 bridgehead atoms. The molecule has 0 aliphatic heterocycles. The first-order chi connectivity index (χ1) is 8.01. The quantitative estimate of drug-likeness (QED) is 0.634. The van der Waals surface area contributed by atoms with Crippen molar-refractivity contribution < 1.29 is 14.3 Å². The largest absolute Gasteiger partial charge is 0.426 e. The van der Waals surface area contributed by atoms with Gasteiger partial charge in [-0.05, 0) is 13.3 Å². The van der Waals surface area contributed by atoms with E-state index >= 15 is 0 Å². The molecular weight excluding hydrogens is 222 g/mol. The lowest BCUT2D eigenvalue weighted by Gasteiger charge is -2.12. The third-order valence-corrected chi connectivity index (χ3v) is 2.39. The number of pyridine rings is 1. The van der Waals surface area contributed by atoms with Gasteiger partial charge in [0, 0.05) is 12.5 Å². The first kappa shape index (κ1) is 13.2. The van der Waals surface area contributed by atoms with Gasteiger partial charge in [0.25, 0.3) is 5.56 Å². The summed E-state index contributed by atoms with van der Waals surface area (Å²) in [6.07, 6.45) is 1.91. The standard InChI is InChI=1S/C12H15NO4/c1-4-5-9-10(6-14)13-12(16)7(2)11(9)17-8(3)15/h6H,4-5H2,1-3H3,(H,13,16). The molecule has 0 saturated carbocycles. The number of carbonyl (C=O) groups is 2. The Balaban J connectivity index is 3.48. The number of aldehydes is 1. The number of hydrogen-bond donors (Lipinski definition) is 1. The van der Waals surface area contributed by atoms with Crippen LogP contribution in [0.1, 0.15) is 41.9 Å². The van der Waals surface area contributed by atoms with Gasteiger partial charge in [0.2, 0.25) is 0 Å². The minimum absolute atomic E-state index is 0.179. The van der Waals surface area contributed by atoms with Crippen LogP contribution < -0.4 is 10.3 Å². The molecule has 1 aromatic rings. The van der Waals surface area contributed by atoms with E-state index in [1.165, 1.54) is 6.92 Å². The Morgan fingerprint density at radius 2 is 2.12 bits per heavy atom. The smallest absolute Gasteiger partial charge is 0.308 e. The monoisotopic (exact) mass is 237 g/mol. The summed E-state index contributed by atoms with van der Waals surface area (Å²) in [5.74, 6) is -0.293. The van der Waals surface area contributed by atoms with Gasteiger partial charge in [-0.1, -0.05) is 13.3 Å².